The van der Waals surface area contributed by atoms with Crippen LogP contribution >= 0.6 is 0 Å². The third-order valence-corrected chi connectivity index (χ3v) is 13.9. The number of ether oxygens (including phenoxy) is 1. The van der Waals surface area contributed by atoms with E-state index in [-0.39, 0.29) is 18.5 Å². The van der Waals surface area contributed by atoms with E-state index in [2.05, 4.69) is 55.6 Å². The molecular weight excluding hydrogens is 839 g/mol. The molecule has 6 heteroatoms. The molecule has 2 unspecified atom stereocenters. The van der Waals surface area contributed by atoms with Gasteiger partial charge in [0.05, 0.1) is 25.4 Å². The third kappa shape index (κ3) is 53.4. The average Bonchev–Trinajstić information content (AvgIpc) is 3.34. The summed E-state index contributed by atoms with van der Waals surface area (Å²) in [7, 11) is 0. The lowest BCUT2D eigenvalue weighted by atomic mass is 10.0. The molecule has 0 aromatic heterocycles. The van der Waals surface area contributed by atoms with E-state index in [0.29, 0.717) is 25.9 Å². The number of hydrogen-bond acceptors (Lipinski definition) is 5. The zero-order chi connectivity index (χ0) is 49.3. The van der Waals surface area contributed by atoms with E-state index in [9.17, 15) is 19.8 Å². The summed E-state index contributed by atoms with van der Waals surface area (Å²) < 4.78 is 5.45. The molecule has 0 spiro atoms. The van der Waals surface area contributed by atoms with Crippen LogP contribution in [0, 0.1) is 0 Å². The zero-order valence-electron chi connectivity index (χ0n) is 45.6. The summed E-state index contributed by atoms with van der Waals surface area (Å²) in [6.45, 7) is 4.88. The predicted octanol–water partition coefficient (Wildman–Crippen LogP) is 18.8. The van der Waals surface area contributed by atoms with E-state index in [1.807, 2.05) is 0 Å². The van der Waals surface area contributed by atoms with Crippen LogP contribution in [0.5, 0.6) is 0 Å². The van der Waals surface area contributed by atoms with Crippen molar-refractivity contribution in [2.75, 3.05) is 13.2 Å². The van der Waals surface area contributed by atoms with Gasteiger partial charge in [0.1, 0.15) is 0 Å². The summed E-state index contributed by atoms with van der Waals surface area (Å²) in [5.41, 5.74) is 0. The van der Waals surface area contributed by atoms with E-state index in [1.54, 1.807) is 0 Å². The molecule has 0 aliphatic carbocycles. The molecular formula is C62H117NO5. The van der Waals surface area contributed by atoms with Crippen LogP contribution in [0.4, 0.5) is 0 Å². The van der Waals surface area contributed by atoms with Gasteiger partial charge in [0.2, 0.25) is 5.91 Å². The minimum absolute atomic E-state index is 0.0169. The monoisotopic (exact) mass is 956 g/mol. The number of aliphatic hydroxyl groups is 2. The van der Waals surface area contributed by atoms with Gasteiger partial charge in [0.25, 0.3) is 0 Å². The Morgan fingerprint density at radius 2 is 0.765 bits per heavy atom. The summed E-state index contributed by atoms with van der Waals surface area (Å²) in [6, 6.07) is -0.552. The number of carbonyl (C=O) groups is 2. The van der Waals surface area contributed by atoms with Crippen LogP contribution in [0.15, 0.2) is 36.5 Å². The maximum absolute atomic E-state index is 12.5. The summed E-state index contributed by atoms with van der Waals surface area (Å²) >= 11 is 0. The Bertz CT molecular complexity index is 1100. The molecule has 0 rings (SSSR count). The van der Waals surface area contributed by atoms with Gasteiger partial charge in [0.15, 0.2) is 0 Å². The minimum Gasteiger partial charge on any atom is -0.466 e. The molecule has 0 aliphatic heterocycles. The average molecular weight is 957 g/mol. The van der Waals surface area contributed by atoms with Crippen molar-refractivity contribution in [2.24, 2.45) is 0 Å². The van der Waals surface area contributed by atoms with Crippen LogP contribution in [0.1, 0.15) is 322 Å². The van der Waals surface area contributed by atoms with E-state index in [0.717, 1.165) is 64.2 Å². The van der Waals surface area contributed by atoms with Crippen molar-refractivity contribution < 1.29 is 24.5 Å². The summed E-state index contributed by atoms with van der Waals surface area (Å²) in [5.74, 6) is -0.0620. The van der Waals surface area contributed by atoms with Crippen molar-refractivity contribution in [1.82, 2.24) is 5.32 Å². The first-order valence-electron chi connectivity index (χ1n) is 30.2. The van der Waals surface area contributed by atoms with Crippen LogP contribution in [0.2, 0.25) is 0 Å². The van der Waals surface area contributed by atoms with Gasteiger partial charge in [-0.15, -0.1) is 0 Å². The van der Waals surface area contributed by atoms with Crippen molar-refractivity contribution in [1.29, 1.82) is 0 Å². The van der Waals surface area contributed by atoms with E-state index in [1.165, 1.54) is 225 Å². The molecule has 0 radical (unpaired) electrons. The first-order chi connectivity index (χ1) is 33.5. The second-order valence-electron chi connectivity index (χ2n) is 20.7. The highest BCUT2D eigenvalue weighted by molar-refractivity contribution is 5.76. The first kappa shape index (κ1) is 66.1. The molecule has 0 fully saturated rings. The fraction of sp³-hybridized carbons (Fsp3) is 0.871. The molecule has 0 aromatic carbocycles. The van der Waals surface area contributed by atoms with Gasteiger partial charge in [-0.05, 0) is 77.0 Å². The number of carbonyl (C=O) groups excluding carboxylic acids is 2. The lowest BCUT2D eigenvalue weighted by molar-refractivity contribution is -0.143. The molecule has 0 aromatic rings. The van der Waals surface area contributed by atoms with Crippen molar-refractivity contribution >= 4 is 11.9 Å². The smallest absolute Gasteiger partial charge is 0.305 e. The molecule has 0 saturated heterocycles. The SMILES string of the molecule is CCC/C=C\C/C=C\CCCCCCCC(=O)OCCCCCCCC/C=C\CCCCCCCCCC(=O)NC(CO)C(O)CCCCCCCCCCCCCCCCCCCCCCC. The fourth-order valence-corrected chi connectivity index (χ4v) is 9.26. The Kier molecular flexibility index (Phi) is 56.0. The Hall–Kier alpha value is -1.92. The largest absolute Gasteiger partial charge is 0.466 e. The van der Waals surface area contributed by atoms with E-state index in [4.69, 9.17) is 4.74 Å². The number of amides is 1. The van der Waals surface area contributed by atoms with Gasteiger partial charge < -0.3 is 20.3 Å². The minimum atomic E-state index is -0.674. The molecule has 400 valence electrons. The van der Waals surface area contributed by atoms with Crippen molar-refractivity contribution in [3.05, 3.63) is 36.5 Å². The Morgan fingerprint density at radius 1 is 0.412 bits per heavy atom. The molecule has 6 nitrogen and oxygen atoms in total. The van der Waals surface area contributed by atoms with E-state index < -0.39 is 12.1 Å². The van der Waals surface area contributed by atoms with Gasteiger partial charge in [-0.1, -0.05) is 269 Å². The van der Waals surface area contributed by atoms with Gasteiger partial charge in [-0.25, -0.2) is 0 Å². The topological polar surface area (TPSA) is 95.9 Å². The standard InChI is InChI=1S/C62H117NO5/c1-3-5-7-9-11-13-15-17-18-19-20-21-22-24-27-31-34-38-42-46-50-54-60(65)59(58-64)63-61(66)55-51-47-43-39-35-32-28-25-23-26-29-33-37-41-45-49-53-57-68-62(67)56-52-48-44-40-36-30-16-14-12-10-8-6-4-2/h8,10,14,16,23,26,59-60,64-65H,3-7,9,11-13,15,17-22,24-25,27-58H2,1-2H3,(H,63,66)/b10-8-,16-14-,26-23-. The number of unbranched alkanes of at least 4 members (excludes halogenated alkanes) is 39. The van der Waals surface area contributed by atoms with Crippen LogP contribution < -0.4 is 5.32 Å². The van der Waals surface area contributed by atoms with E-state index >= 15 is 0 Å². The summed E-state index contributed by atoms with van der Waals surface area (Å²) in [6.07, 6.45) is 71.4. The summed E-state index contributed by atoms with van der Waals surface area (Å²) in [5, 5.41) is 23.4. The molecule has 68 heavy (non-hydrogen) atoms. The van der Waals surface area contributed by atoms with Gasteiger partial charge in [-0.3, -0.25) is 9.59 Å². The molecule has 0 bridgehead atoms. The maximum Gasteiger partial charge on any atom is 0.305 e. The molecule has 0 aliphatic rings. The number of aliphatic hydroxyl groups excluding tert-OH is 2. The predicted molar refractivity (Wildman–Crippen MR) is 296 cm³/mol. The Labute approximate surface area is 424 Å². The van der Waals surface area contributed by atoms with Crippen LogP contribution in [-0.4, -0.2) is 47.4 Å². The fourth-order valence-electron chi connectivity index (χ4n) is 9.26. The first-order valence-corrected chi connectivity index (χ1v) is 30.2. The maximum atomic E-state index is 12.5. The number of hydrogen-bond donors (Lipinski definition) is 3. The number of rotatable bonds is 56. The van der Waals surface area contributed by atoms with Crippen LogP contribution in [0.25, 0.3) is 0 Å². The van der Waals surface area contributed by atoms with Crippen LogP contribution in [-0.2, 0) is 14.3 Å². The second kappa shape index (κ2) is 57.7. The zero-order valence-corrected chi connectivity index (χ0v) is 45.6. The molecule has 1 amide bonds. The highest BCUT2D eigenvalue weighted by Gasteiger charge is 2.20. The normalized spacial score (nSPS) is 12.8. The number of esters is 1. The number of nitrogens with one attached hydrogen (secondary N) is 1. The molecule has 3 N–H and O–H groups in total. The summed E-state index contributed by atoms with van der Waals surface area (Å²) in [4.78, 5) is 24.5. The third-order valence-electron chi connectivity index (χ3n) is 13.9. The highest BCUT2D eigenvalue weighted by Crippen LogP contribution is 2.17. The Balaban J connectivity index is 3.47. The van der Waals surface area contributed by atoms with Crippen molar-refractivity contribution in [2.45, 2.75) is 334 Å². The molecule has 0 heterocycles. The molecule has 0 saturated carbocycles. The van der Waals surface area contributed by atoms with Crippen molar-refractivity contribution in [3.63, 3.8) is 0 Å². The van der Waals surface area contributed by atoms with Gasteiger partial charge in [-0.2, -0.15) is 0 Å². The lowest BCUT2D eigenvalue weighted by Crippen LogP contribution is -2.45. The lowest BCUT2D eigenvalue weighted by Gasteiger charge is -2.22. The van der Waals surface area contributed by atoms with Gasteiger partial charge in [0, 0.05) is 12.8 Å². The van der Waals surface area contributed by atoms with Crippen molar-refractivity contribution in [3.8, 4) is 0 Å². The Morgan fingerprint density at radius 3 is 1.19 bits per heavy atom. The highest BCUT2D eigenvalue weighted by atomic mass is 16.5. The second-order valence-corrected chi connectivity index (χ2v) is 20.7. The quantitative estimate of drug-likeness (QED) is 0.0321. The number of allylic oxidation sites excluding steroid dienone is 6. The molecule has 2 atom stereocenters. The van der Waals surface area contributed by atoms with Crippen LogP contribution in [0.3, 0.4) is 0 Å². The van der Waals surface area contributed by atoms with Gasteiger partial charge >= 0.3 is 5.97 Å².